The Hall–Kier alpha value is -1.46. The van der Waals surface area contributed by atoms with E-state index in [4.69, 9.17) is 4.74 Å². The molecule has 0 amide bonds. The third-order valence-electron chi connectivity index (χ3n) is 2.67. The highest BCUT2D eigenvalue weighted by Crippen LogP contribution is 2.22. The molecule has 4 nitrogen and oxygen atoms in total. The maximum atomic E-state index is 5.11. The van der Waals surface area contributed by atoms with Crippen molar-refractivity contribution < 1.29 is 4.74 Å². The molecule has 2 heterocycles. The molecule has 2 rings (SSSR count). The van der Waals surface area contributed by atoms with Crippen LogP contribution in [0, 0.1) is 0 Å². The van der Waals surface area contributed by atoms with Crippen LogP contribution in [0.3, 0.4) is 0 Å². The lowest BCUT2D eigenvalue weighted by Crippen LogP contribution is -2.36. The normalized spacial score (nSPS) is 11.5. The van der Waals surface area contributed by atoms with E-state index in [9.17, 15) is 0 Å². The third-order valence-corrected chi connectivity index (χ3v) is 3.77. The predicted octanol–water partition coefficient (Wildman–Crippen LogP) is 2.57. The Balaban J connectivity index is 2.02. The van der Waals surface area contributed by atoms with Crippen molar-refractivity contribution >= 4 is 11.3 Å². The zero-order chi connectivity index (χ0) is 13.0. The van der Waals surface area contributed by atoms with E-state index in [0.717, 1.165) is 10.7 Å². The summed E-state index contributed by atoms with van der Waals surface area (Å²) < 4.78 is 5.11. The highest BCUT2D eigenvalue weighted by molar-refractivity contribution is 7.09. The van der Waals surface area contributed by atoms with E-state index < -0.39 is 0 Å². The van der Waals surface area contributed by atoms with Crippen LogP contribution in [0.1, 0.15) is 24.5 Å². The summed E-state index contributed by atoms with van der Waals surface area (Å²) in [4.78, 5) is 8.72. The Morgan fingerprint density at radius 2 is 2.22 bits per heavy atom. The first-order valence-electron chi connectivity index (χ1n) is 5.77. The minimum atomic E-state index is -0.154. The van der Waals surface area contributed by atoms with Crippen molar-refractivity contribution in [2.24, 2.45) is 0 Å². The maximum Gasteiger partial charge on any atom is 0.213 e. The van der Waals surface area contributed by atoms with Gasteiger partial charge in [0.05, 0.1) is 18.3 Å². The molecule has 96 valence electrons. The molecule has 0 fully saturated rings. The van der Waals surface area contributed by atoms with Gasteiger partial charge < -0.3 is 10.1 Å². The molecule has 0 aliphatic heterocycles. The van der Waals surface area contributed by atoms with Crippen LogP contribution in [-0.2, 0) is 12.1 Å². The molecule has 1 N–H and O–H groups in total. The standard InChI is InChI=1S/C13H17N3OS/c1-13(2,12-14-7-8-18-12)15-9-10-5-4-6-11(16-10)17-3/h4-8,15H,9H2,1-3H3. The molecule has 18 heavy (non-hydrogen) atoms. The fourth-order valence-electron chi connectivity index (χ4n) is 1.59. The first-order chi connectivity index (χ1) is 8.62. The van der Waals surface area contributed by atoms with Gasteiger partial charge in [-0.2, -0.15) is 0 Å². The Bertz CT molecular complexity index is 497. The Kier molecular flexibility index (Phi) is 3.93. The number of pyridine rings is 1. The third kappa shape index (κ3) is 3.05. The second-order valence-electron chi connectivity index (χ2n) is 4.49. The van der Waals surface area contributed by atoms with Crippen LogP contribution in [0.4, 0.5) is 0 Å². The van der Waals surface area contributed by atoms with E-state index in [-0.39, 0.29) is 5.54 Å². The van der Waals surface area contributed by atoms with Gasteiger partial charge in [0, 0.05) is 24.2 Å². The molecule has 0 saturated carbocycles. The zero-order valence-electron chi connectivity index (χ0n) is 10.8. The number of hydrogen-bond acceptors (Lipinski definition) is 5. The lowest BCUT2D eigenvalue weighted by Gasteiger charge is -2.23. The number of methoxy groups -OCH3 is 1. The minimum absolute atomic E-state index is 0.154. The number of ether oxygens (including phenoxy) is 1. The number of rotatable bonds is 5. The van der Waals surface area contributed by atoms with Gasteiger partial charge in [0.15, 0.2) is 0 Å². The Morgan fingerprint density at radius 1 is 1.39 bits per heavy atom. The van der Waals surface area contributed by atoms with Gasteiger partial charge in [-0.15, -0.1) is 11.3 Å². The number of aromatic nitrogens is 2. The van der Waals surface area contributed by atoms with Gasteiger partial charge in [-0.1, -0.05) is 6.07 Å². The summed E-state index contributed by atoms with van der Waals surface area (Å²) in [6.07, 6.45) is 1.83. The van der Waals surface area contributed by atoms with E-state index in [1.807, 2.05) is 29.8 Å². The van der Waals surface area contributed by atoms with Crippen LogP contribution < -0.4 is 10.1 Å². The molecule has 5 heteroatoms. The van der Waals surface area contributed by atoms with Gasteiger partial charge in [-0.05, 0) is 19.9 Å². The summed E-state index contributed by atoms with van der Waals surface area (Å²) in [6.45, 7) is 4.92. The van der Waals surface area contributed by atoms with Crippen molar-refractivity contribution in [2.75, 3.05) is 7.11 Å². The van der Waals surface area contributed by atoms with E-state index in [2.05, 4.69) is 29.1 Å². The molecule has 2 aromatic heterocycles. The molecule has 0 atom stereocenters. The first-order valence-corrected chi connectivity index (χ1v) is 6.65. The van der Waals surface area contributed by atoms with Crippen molar-refractivity contribution in [1.29, 1.82) is 0 Å². The molecule has 0 bridgehead atoms. The molecule has 0 aliphatic rings. The van der Waals surface area contributed by atoms with Crippen LogP contribution >= 0.6 is 11.3 Å². The topological polar surface area (TPSA) is 47.0 Å². The Morgan fingerprint density at radius 3 is 2.89 bits per heavy atom. The van der Waals surface area contributed by atoms with Crippen molar-refractivity contribution in [3.05, 3.63) is 40.5 Å². The second-order valence-corrected chi connectivity index (χ2v) is 5.38. The Labute approximate surface area is 111 Å². The average molecular weight is 263 g/mol. The predicted molar refractivity (Wildman–Crippen MR) is 72.8 cm³/mol. The van der Waals surface area contributed by atoms with Crippen LogP contribution in [0.5, 0.6) is 5.88 Å². The maximum absolute atomic E-state index is 5.11. The summed E-state index contributed by atoms with van der Waals surface area (Å²) in [5.74, 6) is 0.640. The molecule has 0 unspecified atom stereocenters. The van der Waals surface area contributed by atoms with Gasteiger partial charge in [-0.3, -0.25) is 0 Å². The number of thiazole rings is 1. The van der Waals surface area contributed by atoms with Crippen LogP contribution in [0.25, 0.3) is 0 Å². The average Bonchev–Trinajstić information content (AvgIpc) is 2.91. The first kappa shape index (κ1) is 13.0. The van der Waals surface area contributed by atoms with Crippen LogP contribution in [0.2, 0.25) is 0 Å². The second kappa shape index (κ2) is 5.46. The summed E-state index contributed by atoms with van der Waals surface area (Å²) in [5, 5.41) is 6.52. The molecule has 2 aromatic rings. The molecular weight excluding hydrogens is 246 g/mol. The minimum Gasteiger partial charge on any atom is -0.481 e. The van der Waals surface area contributed by atoms with Crippen molar-refractivity contribution in [2.45, 2.75) is 25.9 Å². The highest BCUT2D eigenvalue weighted by atomic mass is 32.1. The molecule has 0 aromatic carbocycles. The molecule has 0 spiro atoms. The monoisotopic (exact) mass is 263 g/mol. The van der Waals surface area contributed by atoms with Gasteiger partial charge >= 0.3 is 0 Å². The molecule has 0 radical (unpaired) electrons. The quantitative estimate of drug-likeness (QED) is 0.900. The van der Waals surface area contributed by atoms with E-state index in [0.29, 0.717) is 12.4 Å². The smallest absolute Gasteiger partial charge is 0.213 e. The van der Waals surface area contributed by atoms with Gasteiger partial charge in [0.2, 0.25) is 5.88 Å². The molecule has 0 saturated heterocycles. The van der Waals surface area contributed by atoms with Crippen LogP contribution in [-0.4, -0.2) is 17.1 Å². The highest BCUT2D eigenvalue weighted by Gasteiger charge is 2.22. The fraction of sp³-hybridized carbons (Fsp3) is 0.385. The zero-order valence-corrected chi connectivity index (χ0v) is 11.6. The van der Waals surface area contributed by atoms with Crippen molar-refractivity contribution in [3.8, 4) is 5.88 Å². The lowest BCUT2D eigenvalue weighted by molar-refractivity contribution is 0.382. The van der Waals surface area contributed by atoms with E-state index >= 15 is 0 Å². The SMILES string of the molecule is COc1cccc(CNC(C)(C)c2nccs2)n1. The van der Waals surface area contributed by atoms with Crippen molar-refractivity contribution in [3.63, 3.8) is 0 Å². The van der Waals surface area contributed by atoms with Crippen LogP contribution in [0.15, 0.2) is 29.8 Å². The van der Waals surface area contributed by atoms with Gasteiger partial charge in [-0.25, -0.2) is 9.97 Å². The molecular formula is C13H17N3OS. The summed E-state index contributed by atoms with van der Waals surface area (Å²) in [6, 6.07) is 5.77. The fourth-order valence-corrected chi connectivity index (χ4v) is 2.33. The van der Waals surface area contributed by atoms with E-state index in [1.165, 1.54) is 0 Å². The van der Waals surface area contributed by atoms with E-state index in [1.54, 1.807) is 18.4 Å². The largest absolute Gasteiger partial charge is 0.481 e. The van der Waals surface area contributed by atoms with Crippen molar-refractivity contribution in [1.82, 2.24) is 15.3 Å². The number of nitrogens with one attached hydrogen (secondary N) is 1. The summed E-state index contributed by atoms with van der Waals surface area (Å²) in [5.41, 5.74) is 0.804. The lowest BCUT2D eigenvalue weighted by atomic mass is 10.1. The van der Waals surface area contributed by atoms with Gasteiger partial charge in [0.25, 0.3) is 0 Å². The summed E-state index contributed by atoms with van der Waals surface area (Å²) in [7, 11) is 1.62. The number of nitrogens with zero attached hydrogens (tertiary/aromatic N) is 2. The number of hydrogen-bond donors (Lipinski definition) is 1. The van der Waals surface area contributed by atoms with Gasteiger partial charge in [0.1, 0.15) is 5.01 Å². The summed E-state index contributed by atoms with van der Waals surface area (Å²) >= 11 is 1.65. The molecule has 0 aliphatic carbocycles.